The van der Waals surface area contributed by atoms with E-state index in [9.17, 15) is 22.8 Å². The van der Waals surface area contributed by atoms with E-state index in [2.05, 4.69) is 0 Å². The number of amides is 1. The van der Waals surface area contributed by atoms with E-state index in [1.165, 1.54) is 18.2 Å². The molecular formula is C12H10Cl2F3NO3. The van der Waals surface area contributed by atoms with Crippen LogP contribution in [0.25, 0.3) is 0 Å². The molecule has 2 N–H and O–H groups in total. The molecule has 0 saturated carbocycles. The highest BCUT2D eigenvalue weighted by molar-refractivity contribution is 6.35. The van der Waals surface area contributed by atoms with Crippen molar-refractivity contribution in [3.8, 4) is 0 Å². The summed E-state index contributed by atoms with van der Waals surface area (Å²) in [6.07, 6.45) is -6.70. The molecule has 9 heteroatoms. The lowest BCUT2D eigenvalue weighted by atomic mass is 10.1. The van der Waals surface area contributed by atoms with Crippen molar-refractivity contribution in [3.63, 3.8) is 0 Å². The molecule has 0 saturated heterocycles. The number of halogens is 5. The highest BCUT2D eigenvalue weighted by Gasteiger charge is 2.36. The lowest BCUT2D eigenvalue weighted by molar-refractivity contribution is -0.159. The fraction of sp³-hybridized carbons (Fsp3) is 0.333. The topological polar surface area (TPSA) is 66.4 Å². The van der Waals surface area contributed by atoms with Crippen LogP contribution in [0.4, 0.5) is 13.2 Å². The quantitative estimate of drug-likeness (QED) is 0.863. The Bertz CT molecular complexity index is 549. The molecule has 0 aromatic heterocycles. The van der Waals surface area contributed by atoms with E-state index in [1.807, 2.05) is 5.32 Å². The fourth-order valence-electron chi connectivity index (χ4n) is 1.51. The number of carboxylic acid groups (broad SMARTS) is 1. The third-order valence-corrected chi connectivity index (χ3v) is 3.02. The van der Waals surface area contributed by atoms with Gasteiger partial charge in [0.05, 0.1) is 12.8 Å². The van der Waals surface area contributed by atoms with Crippen LogP contribution in [-0.4, -0.2) is 29.2 Å². The normalized spacial score (nSPS) is 12.8. The Balaban J connectivity index is 2.72. The first-order valence-corrected chi connectivity index (χ1v) is 6.37. The van der Waals surface area contributed by atoms with Crippen molar-refractivity contribution < 1.29 is 27.9 Å². The molecule has 0 aliphatic carbocycles. The van der Waals surface area contributed by atoms with E-state index in [0.29, 0.717) is 10.6 Å². The van der Waals surface area contributed by atoms with Gasteiger partial charge in [0, 0.05) is 10.0 Å². The summed E-state index contributed by atoms with van der Waals surface area (Å²) in [5.41, 5.74) is 0.328. The lowest BCUT2D eigenvalue weighted by Gasteiger charge is -2.16. The molecule has 1 rings (SSSR count). The number of carbonyl (C=O) groups excluding carboxylic acids is 1. The number of hydrogen-bond donors (Lipinski definition) is 2. The largest absolute Gasteiger partial charge is 0.480 e. The third kappa shape index (κ3) is 6.22. The van der Waals surface area contributed by atoms with Crippen molar-refractivity contribution in [2.75, 3.05) is 0 Å². The molecule has 0 spiro atoms. The molecule has 0 fully saturated rings. The maximum Gasteiger partial charge on any atom is 0.391 e. The third-order valence-electron chi connectivity index (χ3n) is 2.44. The van der Waals surface area contributed by atoms with Gasteiger partial charge in [-0.2, -0.15) is 13.2 Å². The van der Waals surface area contributed by atoms with Crippen molar-refractivity contribution in [1.29, 1.82) is 0 Å². The van der Waals surface area contributed by atoms with Crippen LogP contribution in [0.2, 0.25) is 10.0 Å². The van der Waals surface area contributed by atoms with Gasteiger partial charge < -0.3 is 10.4 Å². The van der Waals surface area contributed by atoms with Gasteiger partial charge in [0.2, 0.25) is 5.91 Å². The molecule has 0 radical (unpaired) electrons. The van der Waals surface area contributed by atoms with Gasteiger partial charge in [-0.05, 0) is 17.7 Å². The highest BCUT2D eigenvalue weighted by Crippen LogP contribution is 2.23. The highest BCUT2D eigenvalue weighted by atomic mass is 35.5. The average Bonchev–Trinajstić information content (AvgIpc) is 2.30. The van der Waals surface area contributed by atoms with Crippen molar-refractivity contribution in [2.45, 2.75) is 25.1 Å². The van der Waals surface area contributed by atoms with Crippen LogP contribution < -0.4 is 5.32 Å². The van der Waals surface area contributed by atoms with Crippen LogP contribution in [0.5, 0.6) is 0 Å². The van der Waals surface area contributed by atoms with E-state index < -0.39 is 30.5 Å². The van der Waals surface area contributed by atoms with Crippen LogP contribution in [-0.2, 0) is 16.0 Å². The Morgan fingerprint density at radius 3 is 2.38 bits per heavy atom. The second-order valence-corrected chi connectivity index (χ2v) is 5.03. The summed E-state index contributed by atoms with van der Waals surface area (Å²) in [4.78, 5) is 22.3. The number of rotatable bonds is 5. The number of carbonyl (C=O) groups is 2. The molecule has 0 aliphatic heterocycles. The second kappa shape index (κ2) is 7.00. The zero-order chi connectivity index (χ0) is 16.2. The number of aliphatic carboxylic acids is 1. The van der Waals surface area contributed by atoms with Gasteiger partial charge in [-0.15, -0.1) is 0 Å². The molecular weight excluding hydrogens is 334 g/mol. The minimum absolute atomic E-state index is 0.167. The standard InChI is InChI=1S/C12H10Cl2F3NO3/c13-7-2-1-6(8(14)4-7)3-10(19)18-9(11(20)21)5-12(15,16)17/h1-2,4,9H,3,5H2,(H,18,19)(H,20,21). The van der Waals surface area contributed by atoms with Gasteiger partial charge in [0.25, 0.3) is 0 Å². The van der Waals surface area contributed by atoms with Crippen LogP contribution in [0.3, 0.4) is 0 Å². The Labute approximate surface area is 127 Å². The summed E-state index contributed by atoms with van der Waals surface area (Å²) < 4.78 is 36.6. The van der Waals surface area contributed by atoms with Gasteiger partial charge in [-0.3, -0.25) is 4.79 Å². The van der Waals surface area contributed by atoms with E-state index in [0.717, 1.165) is 0 Å². The molecule has 1 amide bonds. The zero-order valence-electron chi connectivity index (χ0n) is 10.4. The number of hydrogen-bond acceptors (Lipinski definition) is 2. The molecule has 116 valence electrons. The summed E-state index contributed by atoms with van der Waals surface area (Å²) in [7, 11) is 0. The molecule has 0 bridgehead atoms. The SMILES string of the molecule is O=C(Cc1ccc(Cl)cc1Cl)NC(CC(F)(F)F)C(=O)O. The molecule has 1 atom stereocenters. The minimum Gasteiger partial charge on any atom is -0.480 e. The fourth-order valence-corrected chi connectivity index (χ4v) is 1.99. The summed E-state index contributed by atoms with van der Waals surface area (Å²) >= 11 is 11.5. The first-order chi connectivity index (χ1) is 9.58. The van der Waals surface area contributed by atoms with E-state index in [-0.39, 0.29) is 11.4 Å². The first kappa shape index (κ1) is 17.6. The maximum absolute atomic E-state index is 12.2. The van der Waals surface area contributed by atoms with Crippen molar-refractivity contribution in [3.05, 3.63) is 33.8 Å². The van der Waals surface area contributed by atoms with Gasteiger partial charge in [0.15, 0.2) is 0 Å². The van der Waals surface area contributed by atoms with Gasteiger partial charge in [-0.1, -0.05) is 29.3 Å². The minimum atomic E-state index is -4.70. The summed E-state index contributed by atoms with van der Waals surface area (Å²) in [5.74, 6) is -2.64. The second-order valence-electron chi connectivity index (χ2n) is 4.19. The summed E-state index contributed by atoms with van der Waals surface area (Å²) in [6.45, 7) is 0. The molecule has 1 aromatic carbocycles. The van der Waals surface area contributed by atoms with Gasteiger partial charge in [-0.25, -0.2) is 4.79 Å². The van der Waals surface area contributed by atoms with Crippen molar-refractivity contribution >= 4 is 35.1 Å². The van der Waals surface area contributed by atoms with Crippen LogP contribution in [0.15, 0.2) is 18.2 Å². The monoisotopic (exact) mass is 343 g/mol. The summed E-state index contributed by atoms with van der Waals surface area (Å²) in [5, 5.41) is 11.0. The smallest absolute Gasteiger partial charge is 0.391 e. The van der Waals surface area contributed by atoms with E-state index in [4.69, 9.17) is 28.3 Å². The van der Waals surface area contributed by atoms with E-state index >= 15 is 0 Å². The zero-order valence-corrected chi connectivity index (χ0v) is 11.9. The number of nitrogens with one attached hydrogen (secondary N) is 1. The Kier molecular flexibility index (Phi) is 5.86. The molecule has 1 unspecified atom stereocenters. The predicted molar refractivity (Wildman–Crippen MR) is 70.4 cm³/mol. The van der Waals surface area contributed by atoms with Crippen molar-refractivity contribution in [2.24, 2.45) is 0 Å². The first-order valence-electron chi connectivity index (χ1n) is 5.61. The molecule has 21 heavy (non-hydrogen) atoms. The van der Waals surface area contributed by atoms with Gasteiger partial charge >= 0.3 is 12.1 Å². The predicted octanol–water partition coefficient (Wildman–Crippen LogP) is 3.06. The van der Waals surface area contributed by atoms with E-state index in [1.54, 1.807) is 0 Å². The molecule has 4 nitrogen and oxygen atoms in total. The molecule has 1 aromatic rings. The number of benzene rings is 1. The average molecular weight is 344 g/mol. The number of alkyl halides is 3. The Morgan fingerprint density at radius 2 is 1.90 bits per heavy atom. The van der Waals surface area contributed by atoms with Crippen LogP contribution >= 0.6 is 23.2 Å². The Hall–Kier alpha value is -1.47. The van der Waals surface area contributed by atoms with Gasteiger partial charge in [0.1, 0.15) is 6.04 Å². The van der Waals surface area contributed by atoms with Crippen molar-refractivity contribution in [1.82, 2.24) is 5.32 Å². The number of carboxylic acids is 1. The molecule has 0 aliphatic rings. The van der Waals surface area contributed by atoms with Crippen LogP contribution in [0.1, 0.15) is 12.0 Å². The Morgan fingerprint density at radius 1 is 1.29 bits per heavy atom. The van der Waals surface area contributed by atoms with Crippen LogP contribution in [0, 0.1) is 0 Å². The maximum atomic E-state index is 12.2. The lowest BCUT2D eigenvalue weighted by Crippen LogP contribution is -2.44. The summed E-state index contributed by atoms with van der Waals surface area (Å²) in [6, 6.07) is 2.23. The molecule has 0 heterocycles.